The molecule has 0 amide bonds. The van der Waals surface area contributed by atoms with E-state index in [4.69, 9.17) is 14.8 Å². The summed E-state index contributed by atoms with van der Waals surface area (Å²) < 4.78 is 18.7. The smallest absolute Gasteiger partial charge is 0.486 e. The maximum absolute atomic E-state index is 13.4. The van der Waals surface area contributed by atoms with Crippen LogP contribution < -0.4 is 10.2 Å². The maximum Gasteiger partial charge on any atom is 0.491 e. The van der Waals surface area contributed by atoms with Crippen LogP contribution in [0.1, 0.15) is 5.82 Å². The predicted molar refractivity (Wildman–Crippen MR) is 62.6 cm³/mol. The Labute approximate surface area is 103 Å². The summed E-state index contributed by atoms with van der Waals surface area (Å²) in [5, 5.41) is 17.7. The Morgan fingerprint density at radius 1 is 1.22 bits per heavy atom. The fourth-order valence-electron chi connectivity index (χ4n) is 1.36. The number of rotatable bonds is 4. The largest absolute Gasteiger partial charge is 0.491 e. The van der Waals surface area contributed by atoms with Crippen LogP contribution in [0.25, 0.3) is 0 Å². The van der Waals surface area contributed by atoms with Gasteiger partial charge >= 0.3 is 7.12 Å². The van der Waals surface area contributed by atoms with Gasteiger partial charge in [0.05, 0.1) is 0 Å². The van der Waals surface area contributed by atoms with E-state index >= 15 is 0 Å². The highest BCUT2D eigenvalue weighted by molar-refractivity contribution is 6.58. The van der Waals surface area contributed by atoms with Gasteiger partial charge in [0.1, 0.15) is 18.2 Å². The van der Waals surface area contributed by atoms with Gasteiger partial charge < -0.3 is 14.8 Å². The Kier molecular flexibility index (Phi) is 3.86. The van der Waals surface area contributed by atoms with E-state index in [-0.39, 0.29) is 17.8 Å². The highest BCUT2D eigenvalue weighted by atomic mass is 19.1. The van der Waals surface area contributed by atoms with Gasteiger partial charge in [0, 0.05) is 23.9 Å². The number of hydrogen-bond acceptors (Lipinski definition) is 5. The summed E-state index contributed by atoms with van der Waals surface area (Å²) in [5.74, 6) is 0.00464. The molecule has 0 aliphatic carbocycles. The molecule has 0 unspecified atom stereocenters. The van der Waals surface area contributed by atoms with Crippen molar-refractivity contribution >= 4 is 12.6 Å². The zero-order chi connectivity index (χ0) is 13.0. The molecule has 0 radical (unpaired) electrons. The molecule has 1 heterocycles. The van der Waals surface area contributed by atoms with E-state index in [1.165, 1.54) is 12.1 Å². The zero-order valence-corrected chi connectivity index (χ0v) is 9.32. The topological polar surface area (TPSA) is 75.5 Å². The molecule has 0 aliphatic rings. The van der Waals surface area contributed by atoms with E-state index in [1.807, 2.05) is 0 Å². The number of aromatic nitrogens is 2. The number of benzene rings is 1. The van der Waals surface area contributed by atoms with Gasteiger partial charge in [-0.15, -0.1) is 0 Å². The lowest BCUT2D eigenvalue weighted by molar-refractivity contribution is 0.294. The van der Waals surface area contributed by atoms with E-state index in [0.717, 1.165) is 6.07 Å². The summed E-state index contributed by atoms with van der Waals surface area (Å²) in [6.45, 7) is 0.112. The molecule has 0 fully saturated rings. The molecular formula is C11H10BFN2O3. The maximum atomic E-state index is 13.4. The number of nitrogens with zero attached hydrogens (tertiary/aromatic N) is 2. The van der Waals surface area contributed by atoms with Crippen molar-refractivity contribution in [1.29, 1.82) is 0 Å². The normalized spacial score (nSPS) is 10.2. The summed E-state index contributed by atoms with van der Waals surface area (Å²) in [4.78, 5) is 7.90. The average molecular weight is 248 g/mol. The van der Waals surface area contributed by atoms with Crippen molar-refractivity contribution in [3.05, 3.63) is 48.3 Å². The summed E-state index contributed by atoms with van der Waals surface area (Å²) in [6, 6.07) is 5.46. The third-order valence-electron chi connectivity index (χ3n) is 2.24. The molecule has 0 saturated carbocycles. The molecular weight excluding hydrogens is 238 g/mol. The van der Waals surface area contributed by atoms with Gasteiger partial charge in [-0.1, -0.05) is 6.07 Å². The zero-order valence-electron chi connectivity index (χ0n) is 9.32. The molecule has 0 bridgehead atoms. The Bertz CT molecular complexity index is 525. The van der Waals surface area contributed by atoms with E-state index in [2.05, 4.69) is 9.97 Å². The SMILES string of the molecule is OB(O)c1ccc(OCc2ncccn2)cc1F. The van der Waals surface area contributed by atoms with Crippen LogP contribution >= 0.6 is 0 Å². The fraction of sp³-hybridized carbons (Fsp3) is 0.0909. The van der Waals surface area contributed by atoms with Crippen molar-refractivity contribution in [2.24, 2.45) is 0 Å². The molecule has 2 rings (SSSR count). The van der Waals surface area contributed by atoms with E-state index < -0.39 is 12.9 Å². The monoisotopic (exact) mass is 248 g/mol. The van der Waals surface area contributed by atoms with Crippen LogP contribution in [0.2, 0.25) is 0 Å². The van der Waals surface area contributed by atoms with Crippen molar-refractivity contribution in [2.75, 3.05) is 0 Å². The van der Waals surface area contributed by atoms with E-state index in [0.29, 0.717) is 5.82 Å². The highest BCUT2D eigenvalue weighted by Crippen LogP contribution is 2.12. The third-order valence-corrected chi connectivity index (χ3v) is 2.24. The lowest BCUT2D eigenvalue weighted by atomic mass is 9.80. The molecule has 0 saturated heterocycles. The van der Waals surface area contributed by atoms with Crippen molar-refractivity contribution in [3.8, 4) is 5.75 Å². The summed E-state index contributed by atoms with van der Waals surface area (Å²) in [7, 11) is -1.84. The Balaban J connectivity index is 2.05. The first-order valence-electron chi connectivity index (χ1n) is 5.21. The van der Waals surface area contributed by atoms with Crippen LogP contribution in [0.4, 0.5) is 4.39 Å². The minimum Gasteiger partial charge on any atom is -0.486 e. The second kappa shape index (κ2) is 5.57. The second-order valence-corrected chi connectivity index (χ2v) is 3.51. The third kappa shape index (κ3) is 3.02. The molecule has 18 heavy (non-hydrogen) atoms. The van der Waals surface area contributed by atoms with Crippen LogP contribution in [0.5, 0.6) is 5.75 Å². The number of hydrogen-bond donors (Lipinski definition) is 2. The second-order valence-electron chi connectivity index (χ2n) is 3.51. The predicted octanol–water partition coefficient (Wildman–Crippen LogP) is -0.126. The van der Waals surface area contributed by atoms with E-state index in [1.54, 1.807) is 18.5 Å². The summed E-state index contributed by atoms with van der Waals surface area (Å²) >= 11 is 0. The quantitative estimate of drug-likeness (QED) is 0.737. The first kappa shape index (κ1) is 12.5. The lowest BCUT2D eigenvalue weighted by Crippen LogP contribution is -2.32. The van der Waals surface area contributed by atoms with Crippen LogP contribution in [-0.2, 0) is 6.61 Å². The average Bonchev–Trinajstić information content (AvgIpc) is 2.37. The van der Waals surface area contributed by atoms with Gasteiger partial charge in [-0.3, -0.25) is 0 Å². The molecule has 2 aromatic rings. The number of halogens is 1. The summed E-state index contributed by atoms with van der Waals surface area (Å²) in [6.07, 6.45) is 3.16. The van der Waals surface area contributed by atoms with Gasteiger partial charge in [-0.2, -0.15) is 0 Å². The molecule has 0 aliphatic heterocycles. The van der Waals surface area contributed by atoms with Crippen molar-refractivity contribution in [2.45, 2.75) is 6.61 Å². The Morgan fingerprint density at radius 2 is 1.94 bits per heavy atom. The Hall–Kier alpha value is -1.99. The summed E-state index contributed by atoms with van der Waals surface area (Å²) in [5.41, 5.74) is -0.196. The molecule has 1 aromatic heterocycles. The molecule has 5 nitrogen and oxygen atoms in total. The molecule has 1 aromatic carbocycles. The molecule has 0 spiro atoms. The van der Waals surface area contributed by atoms with Gasteiger partial charge in [-0.25, -0.2) is 14.4 Å². The van der Waals surface area contributed by atoms with Crippen LogP contribution in [0.15, 0.2) is 36.7 Å². The van der Waals surface area contributed by atoms with Gasteiger partial charge in [0.25, 0.3) is 0 Å². The molecule has 7 heteroatoms. The van der Waals surface area contributed by atoms with Crippen molar-refractivity contribution in [3.63, 3.8) is 0 Å². The van der Waals surface area contributed by atoms with Crippen LogP contribution in [0, 0.1) is 5.82 Å². The first-order chi connectivity index (χ1) is 8.66. The molecule has 92 valence electrons. The van der Waals surface area contributed by atoms with Gasteiger partial charge in [0.2, 0.25) is 0 Å². The molecule has 0 atom stereocenters. The van der Waals surface area contributed by atoms with Gasteiger partial charge in [-0.05, 0) is 12.1 Å². The lowest BCUT2D eigenvalue weighted by Gasteiger charge is -2.07. The standard InChI is InChI=1S/C11H10BFN2O3/c13-10-6-8(2-3-9(10)12(16)17)18-7-11-14-4-1-5-15-11/h1-6,16-17H,7H2. The minimum atomic E-state index is -1.84. The molecule has 2 N–H and O–H groups in total. The van der Waals surface area contributed by atoms with Crippen LogP contribution in [0.3, 0.4) is 0 Å². The van der Waals surface area contributed by atoms with Crippen LogP contribution in [-0.4, -0.2) is 27.1 Å². The fourth-order valence-corrected chi connectivity index (χ4v) is 1.36. The van der Waals surface area contributed by atoms with Crippen molar-refractivity contribution < 1.29 is 19.2 Å². The van der Waals surface area contributed by atoms with Gasteiger partial charge in [0.15, 0.2) is 5.82 Å². The number of ether oxygens (including phenoxy) is 1. The van der Waals surface area contributed by atoms with Crippen molar-refractivity contribution in [1.82, 2.24) is 9.97 Å². The Morgan fingerprint density at radius 3 is 2.56 bits per heavy atom. The first-order valence-corrected chi connectivity index (χ1v) is 5.21. The minimum absolute atomic E-state index is 0.112. The highest BCUT2D eigenvalue weighted by Gasteiger charge is 2.16. The van der Waals surface area contributed by atoms with E-state index in [9.17, 15) is 4.39 Å².